The van der Waals surface area contributed by atoms with Crippen molar-refractivity contribution in [3.05, 3.63) is 71.0 Å². The van der Waals surface area contributed by atoms with E-state index in [4.69, 9.17) is 23.2 Å². The zero-order valence-corrected chi connectivity index (χ0v) is 18.8. The maximum Gasteiger partial charge on any atom is 0.174 e. The lowest BCUT2D eigenvalue weighted by Gasteiger charge is -2.34. The molecule has 0 unspecified atom stereocenters. The Morgan fingerprint density at radius 3 is 2.70 bits per heavy atom. The van der Waals surface area contributed by atoms with Crippen LogP contribution in [-0.2, 0) is 12.1 Å². The van der Waals surface area contributed by atoms with Crippen LogP contribution in [0.2, 0.25) is 10.0 Å². The molecule has 2 atom stereocenters. The molecule has 4 rings (SSSR count). The topological polar surface area (TPSA) is 89.6 Å². The molecule has 0 radical (unpaired) electrons. The van der Waals surface area contributed by atoms with Gasteiger partial charge in [-0.25, -0.2) is 14.6 Å². The van der Waals surface area contributed by atoms with Gasteiger partial charge in [0.05, 0.1) is 6.54 Å². The molecule has 11 heteroatoms. The standard InChI is InChI=1S/C19H16Cl2N6OS2/c1-12(29-18-25-17(26-30-18)13-4-6-22-7-5-13)19(28,9-27-11-23-10-24-27)15-3-2-14(20)8-16(15)21/h2-8,10-12,28H,9H2,1H3/t12-,19-/m1/s1. The number of benzene rings is 1. The van der Waals surface area contributed by atoms with Crippen LogP contribution in [0.25, 0.3) is 11.4 Å². The van der Waals surface area contributed by atoms with Crippen molar-refractivity contribution in [2.24, 2.45) is 0 Å². The molecule has 0 aliphatic rings. The van der Waals surface area contributed by atoms with Gasteiger partial charge in [0.25, 0.3) is 0 Å². The monoisotopic (exact) mass is 478 g/mol. The Hall–Kier alpha value is -2.04. The summed E-state index contributed by atoms with van der Waals surface area (Å²) in [6.07, 6.45) is 6.38. The molecular weight excluding hydrogens is 463 g/mol. The Bertz CT molecular complexity index is 1130. The van der Waals surface area contributed by atoms with E-state index in [9.17, 15) is 5.11 Å². The predicted octanol–water partition coefficient (Wildman–Crippen LogP) is 4.57. The van der Waals surface area contributed by atoms with Crippen LogP contribution in [0.1, 0.15) is 12.5 Å². The molecule has 7 nitrogen and oxygen atoms in total. The fraction of sp³-hybridized carbons (Fsp3) is 0.211. The van der Waals surface area contributed by atoms with E-state index in [2.05, 4.69) is 24.4 Å². The van der Waals surface area contributed by atoms with Gasteiger partial charge >= 0.3 is 0 Å². The van der Waals surface area contributed by atoms with Gasteiger partial charge < -0.3 is 5.11 Å². The molecule has 0 fully saturated rings. The van der Waals surface area contributed by atoms with Crippen molar-refractivity contribution in [2.45, 2.75) is 28.7 Å². The van der Waals surface area contributed by atoms with Crippen LogP contribution in [0.5, 0.6) is 0 Å². The van der Waals surface area contributed by atoms with Crippen molar-refractivity contribution in [3.63, 3.8) is 0 Å². The summed E-state index contributed by atoms with van der Waals surface area (Å²) in [6.45, 7) is 2.08. The first-order valence-corrected chi connectivity index (χ1v) is 11.3. The molecule has 1 N–H and O–H groups in total. The third-order valence-electron chi connectivity index (χ3n) is 4.56. The Labute approximate surface area is 191 Å². The van der Waals surface area contributed by atoms with E-state index in [1.807, 2.05) is 19.1 Å². The number of rotatable bonds is 7. The summed E-state index contributed by atoms with van der Waals surface area (Å²) in [4.78, 5) is 12.6. The third kappa shape index (κ3) is 4.50. The highest BCUT2D eigenvalue weighted by atomic mass is 35.5. The lowest BCUT2D eigenvalue weighted by molar-refractivity contribution is 0.0168. The van der Waals surface area contributed by atoms with E-state index in [1.165, 1.54) is 29.6 Å². The number of hydrogen-bond acceptors (Lipinski definition) is 8. The van der Waals surface area contributed by atoms with E-state index >= 15 is 0 Å². The second-order valence-electron chi connectivity index (χ2n) is 6.52. The maximum atomic E-state index is 11.8. The summed E-state index contributed by atoms with van der Waals surface area (Å²) in [5.41, 5.74) is 0.0880. The summed E-state index contributed by atoms with van der Waals surface area (Å²) >= 11 is 15.2. The Morgan fingerprint density at radius 1 is 1.20 bits per heavy atom. The summed E-state index contributed by atoms with van der Waals surface area (Å²) < 4.78 is 6.74. The van der Waals surface area contributed by atoms with Crippen LogP contribution in [0.4, 0.5) is 0 Å². The minimum absolute atomic E-state index is 0.165. The first kappa shape index (κ1) is 21.2. The first-order valence-electron chi connectivity index (χ1n) is 8.87. The highest BCUT2D eigenvalue weighted by Gasteiger charge is 2.39. The van der Waals surface area contributed by atoms with Crippen molar-refractivity contribution in [2.75, 3.05) is 0 Å². The maximum absolute atomic E-state index is 11.8. The highest BCUT2D eigenvalue weighted by molar-refractivity contribution is 8.01. The molecule has 4 aromatic rings. The van der Waals surface area contributed by atoms with Gasteiger partial charge in [-0.3, -0.25) is 4.98 Å². The third-order valence-corrected chi connectivity index (χ3v) is 7.17. The lowest BCUT2D eigenvalue weighted by atomic mass is 9.90. The number of pyridine rings is 1. The van der Waals surface area contributed by atoms with E-state index in [1.54, 1.807) is 41.6 Å². The van der Waals surface area contributed by atoms with Gasteiger partial charge in [0.15, 0.2) is 10.2 Å². The molecule has 3 aromatic heterocycles. The molecule has 0 amide bonds. The average Bonchev–Trinajstić information content (AvgIpc) is 3.40. The fourth-order valence-electron chi connectivity index (χ4n) is 2.96. The molecule has 0 aliphatic carbocycles. The van der Waals surface area contributed by atoms with Crippen LogP contribution in [0.15, 0.2) is 59.7 Å². The summed E-state index contributed by atoms with van der Waals surface area (Å²) in [5.74, 6) is 0.626. The zero-order valence-electron chi connectivity index (χ0n) is 15.7. The average molecular weight is 479 g/mol. The SMILES string of the molecule is C[C@@H](Sc1nc(-c2ccncc2)ns1)[C@](O)(Cn1cncn1)c1ccc(Cl)cc1Cl. The molecule has 0 aliphatic heterocycles. The molecule has 0 bridgehead atoms. The van der Waals surface area contributed by atoms with Crippen molar-refractivity contribution < 1.29 is 5.11 Å². The molecule has 0 spiro atoms. The molecule has 0 saturated carbocycles. The van der Waals surface area contributed by atoms with Gasteiger partial charge in [0.1, 0.15) is 18.3 Å². The zero-order chi connectivity index (χ0) is 21.1. The minimum Gasteiger partial charge on any atom is -0.382 e. The second kappa shape index (κ2) is 8.99. The number of thioether (sulfide) groups is 1. The number of hydrogen-bond donors (Lipinski definition) is 1. The molecule has 154 valence electrons. The van der Waals surface area contributed by atoms with Gasteiger partial charge in [0.2, 0.25) is 0 Å². The van der Waals surface area contributed by atoms with Gasteiger partial charge in [-0.1, -0.05) is 41.0 Å². The number of aliphatic hydroxyl groups is 1. The number of halogens is 2. The Kier molecular flexibility index (Phi) is 6.35. The summed E-state index contributed by atoms with van der Waals surface area (Å²) in [6, 6.07) is 8.78. The first-order chi connectivity index (χ1) is 14.5. The van der Waals surface area contributed by atoms with Crippen molar-refractivity contribution in [1.82, 2.24) is 29.1 Å². The largest absolute Gasteiger partial charge is 0.382 e. The number of aromatic nitrogens is 6. The fourth-order valence-corrected chi connectivity index (χ4v) is 5.52. The molecular formula is C19H16Cl2N6OS2. The second-order valence-corrected chi connectivity index (χ2v) is 9.70. The van der Waals surface area contributed by atoms with E-state index in [0.717, 1.165) is 9.90 Å². The normalized spacial score (nSPS) is 14.4. The van der Waals surface area contributed by atoms with E-state index < -0.39 is 5.60 Å². The Balaban J connectivity index is 1.64. The van der Waals surface area contributed by atoms with Gasteiger partial charge in [-0.2, -0.15) is 9.47 Å². The predicted molar refractivity (Wildman–Crippen MR) is 119 cm³/mol. The van der Waals surface area contributed by atoms with Crippen LogP contribution in [0, 0.1) is 0 Å². The van der Waals surface area contributed by atoms with Crippen LogP contribution < -0.4 is 0 Å². The Morgan fingerprint density at radius 2 is 2.00 bits per heavy atom. The molecule has 30 heavy (non-hydrogen) atoms. The molecule has 0 saturated heterocycles. The van der Waals surface area contributed by atoms with E-state index in [0.29, 0.717) is 21.4 Å². The highest BCUT2D eigenvalue weighted by Crippen LogP contribution is 2.42. The van der Waals surface area contributed by atoms with Crippen molar-refractivity contribution >= 4 is 46.5 Å². The smallest absolute Gasteiger partial charge is 0.174 e. The van der Waals surface area contributed by atoms with Gasteiger partial charge in [-0.15, -0.1) is 0 Å². The molecule has 1 aromatic carbocycles. The van der Waals surface area contributed by atoms with Crippen molar-refractivity contribution in [3.8, 4) is 11.4 Å². The minimum atomic E-state index is -1.36. The van der Waals surface area contributed by atoms with Crippen LogP contribution in [-0.4, -0.2) is 39.5 Å². The van der Waals surface area contributed by atoms with Crippen molar-refractivity contribution in [1.29, 1.82) is 0 Å². The molecule has 3 heterocycles. The van der Waals surface area contributed by atoms with Crippen LogP contribution >= 0.6 is 46.5 Å². The summed E-state index contributed by atoms with van der Waals surface area (Å²) in [5, 5.41) is 16.5. The van der Waals surface area contributed by atoms with E-state index in [-0.39, 0.29) is 11.8 Å². The summed E-state index contributed by atoms with van der Waals surface area (Å²) in [7, 11) is 0. The number of nitrogens with zero attached hydrogens (tertiary/aromatic N) is 6. The van der Waals surface area contributed by atoms with Gasteiger partial charge in [-0.05, 0) is 42.7 Å². The van der Waals surface area contributed by atoms with Gasteiger partial charge in [0, 0.05) is 38.8 Å². The van der Waals surface area contributed by atoms with Crippen LogP contribution in [0.3, 0.4) is 0 Å². The lowest BCUT2D eigenvalue weighted by Crippen LogP contribution is -2.40. The quantitative estimate of drug-likeness (QED) is 0.389.